The molecule has 5 nitrogen and oxygen atoms in total. The summed E-state index contributed by atoms with van der Waals surface area (Å²) < 4.78 is 0. The minimum absolute atomic E-state index is 0.0291. The molecule has 0 aromatic carbocycles. The zero-order valence-corrected chi connectivity index (χ0v) is 12.6. The van der Waals surface area contributed by atoms with Crippen molar-refractivity contribution in [1.82, 2.24) is 15.3 Å². The van der Waals surface area contributed by atoms with E-state index in [0.29, 0.717) is 11.7 Å². The van der Waals surface area contributed by atoms with Crippen LogP contribution in [0.3, 0.4) is 0 Å². The molecule has 1 fully saturated rings. The standard InChI is InChI=1S/C14H21ClN4O/c1-2-3-6-17-14(20)11-5-4-7-19(10-11)13-9-16-8-12(15)18-13/h8-9,11H,2-7,10H2,1H3,(H,17,20). The zero-order valence-electron chi connectivity index (χ0n) is 11.8. The van der Waals surface area contributed by atoms with Gasteiger partial charge in [0.05, 0.1) is 18.3 Å². The number of hydrogen-bond acceptors (Lipinski definition) is 4. The maximum Gasteiger partial charge on any atom is 0.224 e. The first-order valence-corrected chi connectivity index (χ1v) is 7.58. The van der Waals surface area contributed by atoms with Crippen molar-refractivity contribution in [3.05, 3.63) is 17.5 Å². The maximum absolute atomic E-state index is 12.1. The molecule has 1 saturated heterocycles. The normalized spacial score (nSPS) is 18.9. The lowest BCUT2D eigenvalue weighted by molar-refractivity contribution is -0.125. The highest BCUT2D eigenvalue weighted by Gasteiger charge is 2.26. The van der Waals surface area contributed by atoms with Gasteiger partial charge in [-0.05, 0) is 19.3 Å². The van der Waals surface area contributed by atoms with Crippen LogP contribution < -0.4 is 10.2 Å². The van der Waals surface area contributed by atoms with Crippen LogP contribution in [-0.2, 0) is 4.79 Å². The van der Waals surface area contributed by atoms with Crippen LogP contribution in [0, 0.1) is 5.92 Å². The van der Waals surface area contributed by atoms with Crippen molar-refractivity contribution in [3.63, 3.8) is 0 Å². The fraction of sp³-hybridized carbons (Fsp3) is 0.643. The third kappa shape index (κ3) is 4.07. The Balaban J connectivity index is 1.93. The quantitative estimate of drug-likeness (QED) is 0.847. The Kier molecular flexibility index (Phi) is 5.59. The van der Waals surface area contributed by atoms with Gasteiger partial charge >= 0.3 is 0 Å². The lowest BCUT2D eigenvalue weighted by atomic mass is 9.97. The van der Waals surface area contributed by atoms with Gasteiger partial charge in [-0.15, -0.1) is 0 Å². The van der Waals surface area contributed by atoms with Gasteiger partial charge in [-0.1, -0.05) is 24.9 Å². The number of carbonyl (C=O) groups is 1. The summed E-state index contributed by atoms with van der Waals surface area (Å²) in [4.78, 5) is 22.5. The number of rotatable bonds is 5. The number of aromatic nitrogens is 2. The molecule has 1 aromatic heterocycles. The lowest BCUT2D eigenvalue weighted by Crippen LogP contribution is -2.43. The minimum Gasteiger partial charge on any atom is -0.356 e. The van der Waals surface area contributed by atoms with Crippen LogP contribution in [0.25, 0.3) is 0 Å². The van der Waals surface area contributed by atoms with E-state index in [0.717, 1.165) is 44.6 Å². The predicted molar refractivity (Wildman–Crippen MR) is 79.9 cm³/mol. The first kappa shape index (κ1) is 15.0. The van der Waals surface area contributed by atoms with E-state index in [1.54, 1.807) is 6.20 Å². The number of carbonyl (C=O) groups excluding carboxylic acids is 1. The van der Waals surface area contributed by atoms with Crippen molar-refractivity contribution < 1.29 is 4.79 Å². The number of unbranched alkanes of at least 4 members (excludes halogenated alkanes) is 1. The van der Waals surface area contributed by atoms with Crippen molar-refractivity contribution in [2.75, 3.05) is 24.5 Å². The van der Waals surface area contributed by atoms with Crippen LogP contribution in [0.1, 0.15) is 32.6 Å². The Morgan fingerprint density at radius 1 is 1.55 bits per heavy atom. The van der Waals surface area contributed by atoms with E-state index in [1.807, 2.05) is 0 Å². The molecular weight excluding hydrogens is 276 g/mol. The first-order valence-electron chi connectivity index (χ1n) is 7.21. The summed E-state index contributed by atoms with van der Waals surface area (Å²) in [5.41, 5.74) is 0. The van der Waals surface area contributed by atoms with E-state index in [1.165, 1.54) is 6.20 Å². The molecule has 0 aliphatic carbocycles. The first-order chi connectivity index (χ1) is 9.70. The second-order valence-electron chi connectivity index (χ2n) is 5.13. The van der Waals surface area contributed by atoms with Crippen molar-refractivity contribution in [3.8, 4) is 0 Å². The highest BCUT2D eigenvalue weighted by Crippen LogP contribution is 2.22. The van der Waals surface area contributed by atoms with Gasteiger partial charge in [0, 0.05) is 19.6 Å². The topological polar surface area (TPSA) is 58.1 Å². The molecule has 2 heterocycles. The molecule has 110 valence electrons. The van der Waals surface area contributed by atoms with Crippen molar-refractivity contribution in [1.29, 1.82) is 0 Å². The van der Waals surface area contributed by atoms with Crippen LogP contribution >= 0.6 is 11.6 Å². The van der Waals surface area contributed by atoms with Crippen LogP contribution in [0.4, 0.5) is 5.82 Å². The number of nitrogens with one attached hydrogen (secondary N) is 1. The number of hydrogen-bond donors (Lipinski definition) is 1. The number of piperidine rings is 1. The summed E-state index contributed by atoms with van der Waals surface area (Å²) in [6.45, 7) is 4.47. The van der Waals surface area contributed by atoms with Crippen LogP contribution in [0.15, 0.2) is 12.4 Å². The van der Waals surface area contributed by atoms with Crippen molar-refractivity contribution in [2.24, 2.45) is 5.92 Å². The summed E-state index contributed by atoms with van der Waals surface area (Å²) in [5.74, 6) is 0.933. The molecule has 2 rings (SSSR count). The molecule has 1 aliphatic rings. The second kappa shape index (κ2) is 7.43. The summed E-state index contributed by atoms with van der Waals surface area (Å²) in [6, 6.07) is 0. The molecule has 1 atom stereocenters. The number of amides is 1. The highest BCUT2D eigenvalue weighted by molar-refractivity contribution is 6.29. The van der Waals surface area contributed by atoms with Crippen LogP contribution in [0.2, 0.25) is 5.15 Å². The van der Waals surface area contributed by atoms with Crippen molar-refractivity contribution >= 4 is 23.3 Å². The number of nitrogens with zero attached hydrogens (tertiary/aromatic N) is 3. The fourth-order valence-electron chi connectivity index (χ4n) is 2.42. The van der Waals surface area contributed by atoms with E-state index in [-0.39, 0.29) is 11.8 Å². The average molecular weight is 297 g/mol. The van der Waals surface area contributed by atoms with Gasteiger partial charge in [0.2, 0.25) is 5.91 Å². The Labute approximate surface area is 124 Å². The molecule has 20 heavy (non-hydrogen) atoms. The second-order valence-corrected chi connectivity index (χ2v) is 5.52. The number of halogens is 1. The molecule has 1 N–H and O–H groups in total. The predicted octanol–water partition coefficient (Wildman–Crippen LogP) is 2.26. The summed E-state index contributed by atoms with van der Waals surface area (Å²) >= 11 is 5.87. The van der Waals surface area contributed by atoms with Crippen LogP contribution in [0.5, 0.6) is 0 Å². The van der Waals surface area contributed by atoms with Gasteiger partial charge in [0.1, 0.15) is 11.0 Å². The Hall–Kier alpha value is -1.36. The smallest absolute Gasteiger partial charge is 0.224 e. The monoisotopic (exact) mass is 296 g/mol. The van der Waals surface area contributed by atoms with E-state index < -0.39 is 0 Å². The fourth-order valence-corrected chi connectivity index (χ4v) is 2.56. The molecule has 1 unspecified atom stereocenters. The minimum atomic E-state index is 0.0291. The van der Waals surface area contributed by atoms with Gasteiger partial charge < -0.3 is 10.2 Å². The van der Waals surface area contributed by atoms with E-state index in [2.05, 4.69) is 27.1 Å². The van der Waals surface area contributed by atoms with E-state index in [9.17, 15) is 4.79 Å². The Morgan fingerprint density at radius 2 is 2.40 bits per heavy atom. The molecule has 0 bridgehead atoms. The van der Waals surface area contributed by atoms with Crippen molar-refractivity contribution in [2.45, 2.75) is 32.6 Å². The van der Waals surface area contributed by atoms with E-state index in [4.69, 9.17) is 11.6 Å². The molecule has 0 radical (unpaired) electrons. The molecule has 1 amide bonds. The van der Waals surface area contributed by atoms with Gasteiger partial charge in [-0.3, -0.25) is 9.78 Å². The summed E-state index contributed by atoms with van der Waals surface area (Å²) in [5, 5.41) is 3.40. The van der Waals surface area contributed by atoms with Gasteiger partial charge in [0.25, 0.3) is 0 Å². The average Bonchev–Trinajstić information content (AvgIpc) is 2.47. The van der Waals surface area contributed by atoms with Gasteiger partial charge in [-0.25, -0.2) is 4.98 Å². The molecular formula is C14H21ClN4O. The van der Waals surface area contributed by atoms with Gasteiger partial charge in [0.15, 0.2) is 0 Å². The molecule has 0 saturated carbocycles. The SMILES string of the molecule is CCCCNC(=O)C1CCCN(c2cncc(Cl)n2)C1. The van der Waals surface area contributed by atoms with E-state index >= 15 is 0 Å². The Morgan fingerprint density at radius 3 is 3.15 bits per heavy atom. The largest absolute Gasteiger partial charge is 0.356 e. The molecule has 6 heteroatoms. The number of anilines is 1. The maximum atomic E-state index is 12.1. The zero-order chi connectivity index (χ0) is 14.4. The molecule has 1 aliphatic heterocycles. The highest BCUT2D eigenvalue weighted by atomic mass is 35.5. The molecule has 0 spiro atoms. The third-order valence-corrected chi connectivity index (χ3v) is 3.72. The third-order valence-electron chi connectivity index (χ3n) is 3.54. The Bertz CT molecular complexity index is 455. The lowest BCUT2D eigenvalue weighted by Gasteiger charge is -2.32. The molecule has 1 aromatic rings. The van der Waals surface area contributed by atoms with Gasteiger partial charge in [-0.2, -0.15) is 0 Å². The van der Waals surface area contributed by atoms with Crippen LogP contribution in [-0.4, -0.2) is 35.5 Å². The summed E-state index contributed by atoms with van der Waals surface area (Å²) in [7, 11) is 0. The summed E-state index contributed by atoms with van der Waals surface area (Å²) in [6.07, 6.45) is 7.26.